The minimum absolute atomic E-state index is 0.0712. The smallest absolute Gasteiger partial charge is 0.258 e. The minimum Gasteiger partial charge on any atom is -0.368 e. The van der Waals surface area contributed by atoms with Gasteiger partial charge in [0.1, 0.15) is 0 Å². The Kier molecular flexibility index (Phi) is 8.02. The lowest BCUT2D eigenvalue weighted by atomic mass is 10.1. The number of hydrogen-bond acceptors (Lipinski definition) is 4. The third kappa shape index (κ3) is 6.05. The summed E-state index contributed by atoms with van der Waals surface area (Å²) in [6.45, 7) is 2.86. The molecule has 0 radical (unpaired) electrons. The number of anilines is 2. The molecule has 34 heavy (non-hydrogen) atoms. The summed E-state index contributed by atoms with van der Waals surface area (Å²) in [6, 6.07) is 22.4. The Hall–Kier alpha value is -2.69. The van der Waals surface area contributed by atoms with Crippen LogP contribution in [0.4, 0.5) is 11.4 Å². The van der Waals surface area contributed by atoms with Gasteiger partial charge >= 0.3 is 0 Å². The molecule has 0 aromatic heterocycles. The molecule has 4 rings (SSSR count). The second kappa shape index (κ2) is 11.2. The molecule has 2 amide bonds. The average molecular weight is 605 g/mol. The van der Waals surface area contributed by atoms with Crippen LogP contribution in [0.1, 0.15) is 20.7 Å². The molecule has 0 spiro atoms. The average Bonchev–Trinajstić information content (AvgIpc) is 2.86. The van der Waals surface area contributed by atoms with Crippen molar-refractivity contribution in [3.63, 3.8) is 0 Å². The van der Waals surface area contributed by atoms with Gasteiger partial charge in [-0.05, 0) is 89.4 Å². The molecule has 9 heteroatoms. The van der Waals surface area contributed by atoms with Gasteiger partial charge in [0.2, 0.25) is 0 Å². The molecule has 0 saturated carbocycles. The Morgan fingerprint density at radius 1 is 0.912 bits per heavy atom. The van der Waals surface area contributed by atoms with Crippen LogP contribution in [0.15, 0.2) is 72.8 Å². The van der Waals surface area contributed by atoms with E-state index in [1.165, 1.54) is 0 Å². The predicted octanol–water partition coefficient (Wildman–Crippen LogP) is 5.03. The predicted molar refractivity (Wildman–Crippen MR) is 149 cm³/mol. The lowest BCUT2D eigenvalue weighted by Gasteiger charge is -2.36. The van der Waals surface area contributed by atoms with E-state index in [0.717, 1.165) is 33.6 Å². The number of piperazine rings is 1. The molecule has 6 nitrogen and oxygen atoms in total. The van der Waals surface area contributed by atoms with Gasteiger partial charge in [-0.1, -0.05) is 29.8 Å². The topological polar surface area (TPSA) is 64.7 Å². The Labute approximate surface area is 222 Å². The van der Waals surface area contributed by atoms with E-state index < -0.39 is 0 Å². The van der Waals surface area contributed by atoms with Crippen LogP contribution in [0.5, 0.6) is 0 Å². The van der Waals surface area contributed by atoms with E-state index in [2.05, 4.69) is 38.1 Å². The third-order valence-electron chi connectivity index (χ3n) is 5.48. The number of nitrogens with zero attached hydrogens (tertiary/aromatic N) is 2. The third-order valence-corrected chi connectivity index (χ3v) is 6.68. The fourth-order valence-electron chi connectivity index (χ4n) is 3.69. The number of benzene rings is 3. The van der Waals surface area contributed by atoms with Gasteiger partial charge in [-0.15, -0.1) is 0 Å². The molecule has 174 valence electrons. The highest BCUT2D eigenvalue weighted by Gasteiger charge is 2.22. The van der Waals surface area contributed by atoms with Crippen LogP contribution in [0, 0.1) is 3.57 Å². The number of hydrogen-bond donors (Lipinski definition) is 2. The van der Waals surface area contributed by atoms with Crippen molar-refractivity contribution >= 4 is 74.7 Å². The van der Waals surface area contributed by atoms with Gasteiger partial charge in [-0.2, -0.15) is 0 Å². The Bertz CT molecular complexity index is 1200. The standard InChI is InChI=1S/C25H22ClIN4O2S/c26-22-11-6-18(27)16-21(22)23(32)29-25(34)28-19-7-9-20(10-8-19)30-12-14-31(15-13-30)24(33)17-4-2-1-3-5-17/h1-11,16H,12-15H2,(H2,28,29,32,34). The van der Waals surface area contributed by atoms with Crippen molar-refractivity contribution in [3.8, 4) is 0 Å². The molecule has 1 aliphatic heterocycles. The van der Waals surface area contributed by atoms with E-state index in [1.54, 1.807) is 12.1 Å². The molecule has 1 heterocycles. The van der Waals surface area contributed by atoms with Gasteiger partial charge in [0.05, 0.1) is 10.6 Å². The quantitative estimate of drug-likeness (QED) is 0.323. The minimum atomic E-state index is -0.361. The van der Waals surface area contributed by atoms with Gasteiger partial charge in [0.25, 0.3) is 11.8 Å². The summed E-state index contributed by atoms with van der Waals surface area (Å²) in [6.07, 6.45) is 0. The summed E-state index contributed by atoms with van der Waals surface area (Å²) >= 11 is 13.5. The fraction of sp³-hybridized carbons (Fsp3) is 0.160. The Morgan fingerprint density at radius 3 is 2.26 bits per heavy atom. The van der Waals surface area contributed by atoms with Gasteiger partial charge < -0.3 is 15.1 Å². The largest absolute Gasteiger partial charge is 0.368 e. The highest BCUT2D eigenvalue weighted by Crippen LogP contribution is 2.21. The van der Waals surface area contributed by atoms with Crippen molar-refractivity contribution < 1.29 is 9.59 Å². The van der Waals surface area contributed by atoms with Gasteiger partial charge in [-0.25, -0.2) is 0 Å². The molecule has 1 saturated heterocycles. The first-order valence-electron chi connectivity index (χ1n) is 10.7. The molecular formula is C25H22ClIN4O2S. The van der Waals surface area contributed by atoms with E-state index in [1.807, 2.05) is 65.6 Å². The zero-order valence-corrected chi connectivity index (χ0v) is 21.9. The monoisotopic (exact) mass is 604 g/mol. The molecular weight excluding hydrogens is 583 g/mol. The molecule has 1 fully saturated rings. The maximum absolute atomic E-state index is 12.6. The van der Waals surface area contributed by atoms with E-state index in [4.69, 9.17) is 23.8 Å². The second-order valence-corrected chi connectivity index (χ2v) is 9.79. The first-order chi connectivity index (χ1) is 16.4. The maximum atomic E-state index is 12.6. The molecule has 0 atom stereocenters. The first-order valence-corrected chi connectivity index (χ1v) is 12.5. The van der Waals surface area contributed by atoms with Crippen LogP contribution in [-0.2, 0) is 0 Å². The number of carbonyl (C=O) groups is 2. The van der Waals surface area contributed by atoms with Gasteiger partial charge in [-0.3, -0.25) is 14.9 Å². The maximum Gasteiger partial charge on any atom is 0.258 e. The van der Waals surface area contributed by atoms with Crippen molar-refractivity contribution in [1.29, 1.82) is 0 Å². The van der Waals surface area contributed by atoms with Crippen molar-refractivity contribution in [2.45, 2.75) is 0 Å². The van der Waals surface area contributed by atoms with Crippen LogP contribution in [0.3, 0.4) is 0 Å². The van der Waals surface area contributed by atoms with Crippen LogP contribution in [0.2, 0.25) is 5.02 Å². The fourth-order valence-corrected chi connectivity index (χ4v) is 4.60. The number of halogens is 2. The van der Waals surface area contributed by atoms with Gasteiger partial charge in [0.15, 0.2) is 5.11 Å². The second-order valence-electron chi connectivity index (χ2n) is 7.72. The SMILES string of the molecule is O=C(NC(=S)Nc1ccc(N2CCN(C(=O)c3ccccc3)CC2)cc1)c1cc(I)ccc1Cl. The number of nitrogens with one attached hydrogen (secondary N) is 2. The first kappa shape index (κ1) is 24.4. The molecule has 3 aromatic carbocycles. The van der Waals surface area contributed by atoms with Crippen molar-refractivity contribution in [2.75, 3.05) is 36.4 Å². The molecule has 0 aliphatic carbocycles. The molecule has 0 bridgehead atoms. The lowest BCUT2D eigenvalue weighted by Crippen LogP contribution is -2.48. The zero-order chi connectivity index (χ0) is 24.1. The normalized spacial score (nSPS) is 13.4. The summed E-state index contributed by atoms with van der Waals surface area (Å²) in [7, 11) is 0. The zero-order valence-electron chi connectivity index (χ0n) is 18.1. The number of rotatable bonds is 4. The Balaban J connectivity index is 1.29. The van der Waals surface area contributed by atoms with E-state index >= 15 is 0 Å². The lowest BCUT2D eigenvalue weighted by molar-refractivity contribution is 0.0746. The highest BCUT2D eigenvalue weighted by atomic mass is 127. The van der Waals surface area contributed by atoms with Crippen LogP contribution < -0.4 is 15.5 Å². The summed E-state index contributed by atoms with van der Waals surface area (Å²) in [4.78, 5) is 29.3. The molecule has 1 aliphatic rings. The molecule has 3 aromatic rings. The highest BCUT2D eigenvalue weighted by molar-refractivity contribution is 14.1. The van der Waals surface area contributed by atoms with E-state index in [0.29, 0.717) is 23.7 Å². The van der Waals surface area contributed by atoms with Crippen molar-refractivity contribution in [2.24, 2.45) is 0 Å². The van der Waals surface area contributed by atoms with Crippen LogP contribution >= 0.6 is 46.4 Å². The van der Waals surface area contributed by atoms with Crippen LogP contribution in [-0.4, -0.2) is 48.0 Å². The summed E-state index contributed by atoms with van der Waals surface area (Å²) in [5.41, 5.74) is 2.93. The number of carbonyl (C=O) groups excluding carboxylic acids is 2. The number of amides is 2. The van der Waals surface area contributed by atoms with Crippen molar-refractivity contribution in [3.05, 3.63) is 92.5 Å². The molecule has 2 N–H and O–H groups in total. The van der Waals surface area contributed by atoms with Crippen molar-refractivity contribution in [1.82, 2.24) is 10.2 Å². The van der Waals surface area contributed by atoms with Crippen LogP contribution in [0.25, 0.3) is 0 Å². The van der Waals surface area contributed by atoms with Gasteiger partial charge in [0, 0.05) is 46.7 Å². The number of thiocarbonyl (C=S) groups is 1. The molecule has 0 unspecified atom stereocenters. The van der Waals surface area contributed by atoms with E-state index in [9.17, 15) is 9.59 Å². The van der Waals surface area contributed by atoms with E-state index in [-0.39, 0.29) is 16.9 Å². The summed E-state index contributed by atoms with van der Waals surface area (Å²) in [5.74, 6) is -0.289. The summed E-state index contributed by atoms with van der Waals surface area (Å²) < 4.78 is 0.909. The summed E-state index contributed by atoms with van der Waals surface area (Å²) in [5, 5.41) is 6.26. The Morgan fingerprint density at radius 2 is 1.59 bits per heavy atom.